The van der Waals surface area contributed by atoms with Crippen LogP contribution in [-0.2, 0) is 0 Å². The number of aliphatic imine (C=N–C) groups is 1. The molecule has 2 aromatic carbocycles. The summed E-state index contributed by atoms with van der Waals surface area (Å²) in [5.74, 6) is -1.17. The molecule has 2 rings (SSSR count). The Hall–Kier alpha value is -2.76. The maximum atomic E-state index is 13.3. The number of nitrogens with zero attached hydrogens (tertiary/aromatic N) is 2. The van der Waals surface area contributed by atoms with Crippen molar-refractivity contribution >= 4 is 17.6 Å². The summed E-state index contributed by atoms with van der Waals surface area (Å²) in [7, 11) is 0. The monoisotopic (exact) mass is 259 g/mol. The van der Waals surface area contributed by atoms with Crippen LogP contribution in [-0.4, -0.2) is 11.1 Å². The molecule has 0 amide bonds. The third kappa shape index (κ3) is 2.92. The summed E-state index contributed by atoms with van der Waals surface area (Å²) in [4.78, 5) is 13.7. The summed E-state index contributed by atoms with van der Waals surface area (Å²) in [6, 6.07) is 9.47. The molecule has 19 heavy (non-hydrogen) atoms. The third-order valence-electron chi connectivity index (χ3n) is 2.38. The standard InChI is InChI=1S/C13H9FN2O3/c14-10-3-1-2-4-11(10)15-8-9-5-6-13(17)12(7-9)16(18)19/h1-8,17H/p-1. The van der Waals surface area contributed by atoms with Crippen molar-refractivity contribution in [1.82, 2.24) is 0 Å². The van der Waals surface area contributed by atoms with Crippen LogP contribution in [0.1, 0.15) is 5.56 Å². The molecule has 0 fully saturated rings. The van der Waals surface area contributed by atoms with Gasteiger partial charge in [0.1, 0.15) is 5.82 Å². The highest BCUT2D eigenvalue weighted by Gasteiger charge is 2.07. The van der Waals surface area contributed by atoms with Crippen LogP contribution in [0.4, 0.5) is 15.8 Å². The van der Waals surface area contributed by atoms with Crippen molar-refractivity contribution in [2.45, 2.75) is 0 Å². The lowest BCUT2D eigenvalue weighted by Crippen LogP contribution is -1.98. The molecule has 2 aromatic rings. The molecule has 5 nitrogen and oxygen atoms in total. The highest BCUT2D eigenvalue weighted by atomic mass is 19.1. The second kappa shape index (κ2) is 5.26. The second-order valence-corrected chi connectivity index (χ2v) is 3.69. The molecule has 0 N–H and O–H groups in total. The van der Waals surface area contributed by atoms with Crippen molar-refractivity contribution in [3.05, 3.63) is 64.0 Å². The van der Waals surface area contributed by atoms with Crippen LogP contribution in [0.3, 0.4) is 0 Å². The summed E-state index contributed by atoms with van der Waals surface area (Å²) < 4.78 is 13.3. The summed E-state index contributed by atoms with van der Waals surface area (Å²) in [5, 5.41) is 21.8. The maximum Gasteiger partial charge on any atom is 0.262 e. The minimum Gasteiger partial charge on any atom is -0.868 e. The fraction of sp³-hybridized carbons (Fsp3) is 0. The Labute approximate surface area is 107 Å². The highest BCUT2D eigenvalue weighted by molar-refractivity contribution is 5.83. The predicted octanol–water partition coefficient (Wildman–Crippen LogP) is 2.56. The molecule has 0 aromatic heterocycles. The van der Waals surface area contributed by atoms with Crippen LogP contribution in [0, 0.1) is 15.9 Å². The average Bonchev–Trinajstić information content (AvgIpc) is 2.39. The summed E-state index contributed by atoms with van der Waals surface area (Å²) in [5.41, 5.74) is -0.0524. The van der Waals surface area contributed by atoms with E-state index in [0.29, 0.717) is 5.56 Å². The molecule has 0 radical (unpaired) electrons. The molecule has 0 atom stereocenters. The summed E-state index contributed by atoms with van der Waals surface area (Å²) >= 11 is 0. The van der Waals surface area contributed by atoms with E-state index in [9.17, 15) is 19.6 Å². The zero-order chi connectivity index (χ0) is 13.8. The van der Waals surface area contributed by atoms with Gasteiger partial charge >= 0.3 is 0 Å². The van der Waals surface area contributed by atoms with E-state index in [-0.39, 0.29) is 5.69 Å². The first kappa shape index (κ1) is 12.7. The molecule has 0 aliphatic heterocycles. The van der Waals surface area contributed by atoms with Gasteiger partial charge in [-0.2, -0.15) is 0 Å². The van der Waals surface area contributed by atoms with E-state index >= 15 is 0 Å². The van der Waals surface area contributed by atoms with E-state index in [1.165, 1.54) is 30.5 Å². The lowest BCUT2D eigenvalue weighted by atomic mass is 10.2. The van der Waals surface area contributed by atoms with Crippen molar-refractivity contribution in [1.29, 1.82) is 0 Å². The fourth-order valence-corrected chi connectivity index (χ4v) is 1.46. The Kier molecular flexibility index (Phi) is 3.51. The second-order valence-electron chi connectivity index (χ2n) is 3.69. The first-order valence-electron chi connectivity index (χ1n) is 5.32. The lowest BCUT2D eigenvalue weighted by molar-refractivity contribution is -0.398. The molecular weight excluding hydrogens is 251 g/mol. The highest BCUT2D eigenvalue weighted by Crippen LogP contribution is 2.23. The first-order chi connectivity index (χ1) is 9.08. The molecular formula is C13H8FN2O3-. The minimum absolute atomic E-state index is 0.122. The Morgan fingerprint density at radius 3 is 2.63 bits per heavy atom. The topological polar surface area (TPSA) is 78.6 Å². The third-order valence-corrected chi connectivity index (χ3v) is 2.38. The van der Waals surface area contributed by atoms with E-state index < -0.39 is 22.2 Å². The summed E-state index contributed by atoms with van der Waals surface area (Å²) in [6.07, 6.45) is 1.27. The van der Waals surface area contributed by atoms with Gasteiger partial charge in [0.05, 0.1) is 10.6 Å². The van der Waals surface area contributed by atoms with Gasteiger partial charge in [0.25, 0.3) is 5.69 Å². The van der Waals surface area contributed by atoms with Crippen molar-refractivity contribution < 1.29 is 14.4 Å². The van der Waals surface area contributed by atoms with Gasteiger partial charge in [-0.1, -0.05) is 24.3 Å². The Bertz CT molecular complexity index is 656. The molecule has 0 aliphatic rings. The van der Waals surface area contributed by atoms with Crippen LogP contribution in [0.15, 0.2) is 47.5 Å². The number of hydrogen-bond acceptors (Lipinski definition) is 4. The molecule has 0 saturated heterocycles. The number of hydrogen-bond donors (Lipinski definition) is 0. The van der Waals surface area contributed by atoms with E-state index in [4.69, 9.17) is 0 Å². The Balaban J connectivity index is 2.32. The number of rotatable bonds is 3. The van der Waals surface area contributed by atoms with Crippen LogP contribution in [0.2, 0.25) is 0 Å². The summed E-state index contributed by atoms with van der Waals surface area (Å²) in [6.45, 7) is 0. The molecule has 6 heteroatoms. The molecule has 0 bridgehead atoms. The quantitative estimate of drug-likeness (QED) is 0.482. The van der Waals surface area contributed by atoms with Crippen LogP contribution in [0.5, 0.6) is 5.75 Å². The smallest absolute Gasteiger partial charge is 0.262 e. The SMILES string of the molecule is O=[N+]([O-])c1cc(C=Nc2ccccc2F)ccc1[O-]. The number of para-hydroxylation sites is 1. The van der Waals surface area contributed by atoms with Gasteiger partial charge in [-0.15, -0.1) is 0 Å². The van der Waals surface area contributed by atoms with Crippen LogP contribution < -0.4 is 5.11 Å². The molecule has 0 aliphatic carbocycles. The first-order valence-corrected chi connectivity index (χ1v) is 5.32. The number of halogens is 1. The van der Waals surface area contributed by atoms with Gasteiger partial charge in [-0.25, -0.2) is 4.39 Å². The van der Waals surface area contributed by atoms with Crippen LogP contribution >= 0.6 is 0 Å². The number of benzene rings is 2. The fourth-order valence-electron chi connectivity index (χ4n) is 1.46. The van der Waals surface area contributed by atoms with Crippen molar-refractivity contribution in [3.8, 4) is 5.75 Å². The zero-order valence-corrected chi connectivity index (χ0v) is 9.62. The van der Waals surface area contributed by atoms with Gasteiger partial charge in [0.15, 0.2) is 0 Å². The Morgan fingerprint density at radius 1 is 1.21 bits per heavy atom. The van der Waals surface area contributed by atoms with Gasteiger partial charge in [0.2, 0.25) is 0 Å². The van der Waals surface area contributed by atoms with Crippen LogP contribution in [0.25, 0.3) is 0 Å². The predicted molar refractivity (Wildman–Crippen MR) is 66.2 cm³/mol. The van der Waals surface area contributed by atoms with Crippen molar-refractivity contribution in [2.75, 3.05) is 0 Å². The maximum absolute atomic E-state index is 13.3. The van der Waals surface area contributed by atoms with Gasteiger partial charge in [0, 0.05) is 12.3 Å². The molecule has 96 valence electrons. The van der Waals surface area contributed by atoms with E-state index in [0.717, 1.165) is 12.1 Å². The molecule has 0 spiro atoms. The van der Waals surface area contributed by atoms with Crippen molar-refractivity contribution in [2.24, 2.45) is 4.99 Å². The number of nitro benzene ring substituents is 1. The molecule has 0 unspecified atom stereocenters. The number of nitro groups is 1. The lowest BCUT2D eigenvalue weighted by Gasteiger charge is -2.05. The Morgan fingerprint density at radius 2 is 1.95 bits per heavy atom. The molecule has 0 saturated carbocycles. The van der Waals surface area contributed by atoms with E-state index in [2.05, 4.69) is 4.99 Å². The van der Waals surface area contributed by atoms with Crippen molar-refractivity contribution in [3.63, 3.8) is 0 Å². The average molecular weight is 259 g/mol. The van der Waals surface area contributed by atoms with E-state index in [1.54, 1.807) is 6.07 Å². The zero-order valence-electron chi connectivity index (χ0n) is 9.62. The normalized spacial score (nSPS) is 10.8. The van der Waals surface area contributed by atoms with Gasteiger partial charge in [-0.3, -0.25) is 15.1 Å². The largest absolute Gasteiger partial charge is 0.868 e. The molecule has 0 heterocycles. The van der Waals surface area contributed by atoms with Gasteiger partial charge < -0.3 is 5.11 Å². The van der Waals surface area contributed by atoms with E-state index in [1.807, 2.05) is 0 Å². The minimum atomic E-state index is -0.761. The van der Waals surface area contributed by atoms with Gasteiger partial charge in [-0.05, 0) is 23.4 Å².